The van der Waals surface area contributed by atoms with Crippen molar-refractivity contribution in [3.8, 4) is 0 Å². The van der Waals surface area contributed by atoms with Crippen LogP contribution < -0.4 is 5.32 Å². The maximum absolute atomic E-state index is 9.71. The molecule has 0 bridgehead atoms. The lowest BCUT2D eigenvalue weighted by molar-refractivity contribution is 0.0393. The Morgan fingerprint density at radius 2 is 2.05 bits per heavy atom. The first-order valence-electron chi connectivity index (χ1n) is 6.85. The minimum Gasteiger partial charge on any atom is -0.393 e. The maximum atomic E-state index is 9.71. The van der Waals surface area contributed by atoms with E-state index in [2.05, 4.69) is 22.6 Å². The number of benzene rings is 1. The van der Waals surface area contributed by atoms with Crippen LogP contribution in [0, 0.1) is 0 Å². The molecule has 0 aromatic heterocycles. The molecule has 1 atom stereocenters. The quantitative estimate of drug-likeness (QED) is 0.791. The van der Waals surface area contributed by atoms with Gasteiger partial charge in [-0.2, -0.15) is 0 Å². The summed E-state index contributed by atoms with van der Waals surface area (Å²) in [7, 11) is 0. The number of oxime groups is 1. The molecule has 0 amide bonds. The number of rotatable bonds is 6. The molecule has 0 spiro atoms. The van der Waals surface area contributed by atoms with Crippen molar-refractivity contribution < 1.29 is 9.94 Å². The van der Waals surface area contributed by atoms with Crippen molar-refractivity contribution in [1.29, 1.82) is 0 Å². The smallest absolute Gasteiger partial charge is 0.144 e. The van der Waals surface area contributed by atoms with E-state index in [1.54, 1.807) is 0 Å². The number of hydrogen-bond donors (Lipinski definition) is 2. The minimum absolute atomic E-state index is 0. The number of hydrogen-bond acceptors (Lipinski definition) is 4. The molecule has 112 valence electrons. The molecule has 1 aromatic rings. The molecule has 1 aromatic carbocycles. The van der Waals surface area contributed by atoms with Crippen molar-refractivity contribution in [2.75, 3.05) is 13.2 Å². The Bertz CT molecular complexity index is 449. The monoisotopic (exact) mass is 298 g/mol. The molecule has 0 fully saturated rings. The van der Waals surface area contributed by atoms with Gasteiger partial charge in [0.2, 0.25) is 0 Å². The average Bonchev–Trinajstić information content (AvgIpc) is 2.80. The predicted octanol–water partition coefficient (Wildman–Crippen LogP) is 2.13. The van der Waals surface area contributed by atoms with Gasteiger partial charge in [-0.1, -0.05) is 43.3 Å². The third-order valence-electron chi connectivity index (χ3n) is 3.16. The number of aliphatic hydroxyl groups is 1. The highest BCUT2D eigenvalue weighted by molar-refractivity contribution is 6.04. The van der Waals surface area contributed by atoms with Gasteiger partial charge in [0.25, 0.3) is 0 Å². The van der Waals surface area contributed by atoms with Gasteiger partial charge in [-0.05, 0) is 18.4 Å². The molecule has 1 aliphatic carbocycles. The van der Waals surface area contributed by atoms with Gasteiger partial charge in [0.05, 0.1) is 5.71 Å². The van der Waals surface area contributed by atoms with E-state index in [4.69, 9.17) is 4.84 Å². The summed E-state index contributed by atoms with van der Waals surface area (Å²) in [6, 6.07) is 8.62. The van der Waals surface area contributed by atoms with E-state index in [0.717, 1.165) is 18.6 Å². The van der Waals surface area contributed by atoms with Gasteiger partial charge >= 0.3 is 0 Å². The van der Waals surface area contributed by atoms with E-state index in [9.17, 15) is 5.11 Å². The highest BCUT2D eigenvalue weighted by atomic mass is 35.5. The largest absolute Gasteiger partial charge is 0.393 e. The van der Waals surface area contributed by atoms with Crippen molar-refractivity contribution in [1.82, 2.24) is 5.32 Å². The third kappa shape index (κ3) is 4.78. The molecule has 20 heavy (non-hydrogen) atoms. The number of halogens is 1. The van der Waals surface area contributed by atoms with Crippen molar-refractivity contribution in [2.24, 2.45) is 5.16 Å². The number of aryl methyl sites for hydroxylation is 1. The Balaban J connectivity index is 0.00000200. The highest BCUT2D eigenvalue weighted by Crippen LogP contribution is 2.22. The Labute approximate surface area is 126 Å². The molecule has 4 nitrogen and oxygen atoms in total. The van der Waals surface area contributed by atoms with Crippen molar-refractivity contribution >= 4 is 18.1 Å². The van der Waals surface area contributed by atoms with Gasteiger partial charge < -0.3 is 15.3 Å². The van der Waals surface area contributed by atoms with Crippen LogP contribution in [0.2, 0.25) is 0 Å². The molecular weight excluding hydrogens is 276 g/mol. The SMILES string of the molecule is CC(C)NCC(O)CO/N=C1\CCc2ccccc21.Cl. The topological polar surface area (TPSA) is 53.8 Å². The molecule has 5 heteroatoms. The molecule has 2 rings (SSSR count). The summed E-state index contributed by atoms with van der Waals surface area (Å²) in [6.45, 7) is 4.84. The summed E-state index contributed by atoms with van der Waals surface area (Å²) < 4.78 is 0. The average molecular weight is 299 g/mol. The molecule has 1 unspecified atom stereocenters. The zero-order valence-electron chi connectivity index (χ0n) is 12.0. The van der Waals surface area contributed by atoms with Crippen LogP contribution in [0.3, 0.4) is 0 Å². The third-order valence-corrected chi connectivity index (χ3v) is 3.16. The van der Waals surface area contributed by atoms with Crippen LogP contribution in [0.1, 0.15) is 31.4 Å². The van der Waals surface area contributed by atoms with Gasteiger partial charge in [-0.3, -0.25) is 0 Å². The first-order valence-corrected chi connectivity index (χ1v) is 6.85. The lowest BCUT2D eigenvalue weighted by atomic mass is 10.1. The van der Waals surface area contributed by atoms with E-state index in [1.807, 2.05) is 26.0 Å². The molecule has 2 N–H and O–H groups in total. The summed E-state index contributed by atoms with van der Waals surface area (Å²) >= 11 is 0. The summed E-state index contributed by atoms with van der Waals surface area (Å²) in [6.07, 6.45) is 1.42. The first-order chi connectivity index (χ1) is 9.16. The van der Waals surface area contributed by atoms with Gasteiger partial charge in [-0.25, -0.2) is 0 Å². The van der Waals surface area contributed by atoms with E-state index < -0.39 is 6.10 Å². The van der Waals surface area contributed by atoms with Crippen molar-refractivity contribution in [3.63, 3.8) is 0 Å². The van der Waals surface area contributed by atoms with Crippen LogP contribution in [0.15, 0.2) is 29.4 Å². The number of aliphatic hydroxyl groups excluding tert-OH is 1. The van der Waals surface area contributed by atoms with Crippen LogP contribution in [0.5, 0.6) is 0 Å². The Hall–Kier alpha value is -1.10. The predicted molar refractivity (Wildman–Crippen MR) is 83.6 cm³/mol. The van der Waals surface area contributed by atoms with Gasteiger partial charge in [0, 0.05) is 18.2 Å². The van der Waals surface area contributed by atoms with Gasteiger partial charge in [-0.15, -0.1) is 12.4 Å². The van der Waals surface area contributed by atoms with Crippen LogP contribution in [-0.2, 0) is 11.3 Å². The fraction of sp³-hybridized carbons (Fsp3) is 0.533. The van der Waals surface area contributed by atoms with Crippen molar-refractivity contribution in [3.05, 3.63) is 35.4 Å². The fourth-order valence-electron chi connectivity index (χ4n) is 2.13. The second-order valence-corrected chi connectivity index (χ2v) is 5.21. The summed E-state index contributed by atoms with van der Waals surface area (Å²) in [5, 5.41) is 17.0. The molecule has 1 aliphatic rings. The minimum atomic E-state index is -0.525. The molecule has 0 heterocycles. The Morgan fingerprint density at radius 3 is 2.80 bits per heavy atom. The number of nitrogens with one attached hydrogen (secondary N) is 1. The zero-order valence-corrected chi connectivity index (χ0v) is 12.8. The van der Waals surface area contributed by atoms with E-state index in [0.29, 0.717) is 12.6 Å². The van der Waals surface area contributed by atoms with Crippen molar-refractivity contribution in [2.45, 2.75) is 38.8 Å². The normalized spacial score (nSPS) is 16.9. The lowest BCUT2D eigenvalue weighted by Crippen LogP contribution is -2.34. The van der Waals surface area contributed by atoms with Crippen LogP contribution in [-0.4, -0.2) is 36.1 Å². The van der Waals surface area contributed by atoms with Crippen LogP contribution in [0.4, 0.5) is 0 Å². The second kappa shape index (κ2) is 8.25. The Kier molecular flexibility index (Phi) is 6.99. The second-order valence-electron chi connectivity index (χ2n) is 5.21. The van der Waals surface area contributed by atoms with Gasteiger partial charge in [0.15, 0.2) is 0 Å². The maximum Gasteiger partial charge on any atom is 0.144 e. The first kappa shape index (κ1) is 17.0. The summed E-state index contributed by atoms with van der Waals surface area (Å²) in [5.41, 5.74) is 3.49. The van der Waals surface area contributed by atoms with Crippen LogP contribution >= 0.6 is 12.4 Å². The van der Waals surface area contributed by atoms with Crippen LogP contribution in [0.25, 0.3) is 0 Å². The Morgan fingerprint density at radius 1 is 1.30 bits per heavy atom. The molecular formula is C15H23ClN2O2. The molecule has 0 radical (unpaired) electrons. The van der Waals surface area contributed by atoms with E-state index in [1.165, 1.54) is 11.1 Å². The lowest BCUT2D eigenvalue weighted by Gasteiger charge is -2.12. The molecule has 0 saturated heterocycles. The van der Waals surface area contributed by atoms with E-state index >= 15 is 0 Å². The van der Waals surface area contributed by atoms with E-state index in [-0.39, 0.29) is 19.0 Å². The highest BCUT2D eigenvalue weighted by Gasteiger charge is 2.17. The summed E-state index contributed by atoms with van der Waals surface area (Å²) in [5.74, 6) is 0. The standard InChI is InChI=1S/C15H22N2O2.ClH/c1-11(2)16-9-13(18)10-19-17-15-8-7-12-5-3-4-6-14(12)15;/h3-6,11,13,16,18H,7-10H2,1-2H3;1H/b17-15+;. The molecule has 0 aliphatic heterocycles. The summed E-state index contributed by atoms with van der Waals surface area (Å²) in [4.78, 5) is 5.27. The number of nitrogens with zero attached hydrogens (tertiary/aromatic N) is 1. The zero-order chi connectivity index (χ0) is 13.7. The fourth-order valence-corrected chi connectivity index (χ4v) is 2.13. The number of fused-ring (bicyclic) bond motifs is 1. The van der Waals surface area contributed by atoms with Gasteiger partial charge in [0.1, 0.15) is 12.7 Å². The molecule has 0 saturated carbocycles.